The van der Waals surface area contributed by atoms with Gasteiger partial charge in [-0.1, -0.05) is 26.0 Å². The molecular formula is C20H32ClN3O3S. The van der Waals surface area contributed by atoms with E-state index in [0.29, 0.717) is 24.5 Å². The summed E-state index contributed by atoms with van der Waals surface area (Å²) in [7, 11) is -3.50. The molecule has 3 rings (SSSR count). The minimum absolute atomic E-state index is 0. The van der Waals surface area contributed by atoms with Crippen LogP contribution in [0.3, 0.4) is 0 Å². The van der Waals surface area contributed by atoms with Crippen LogP contribution in [0.25, 0.3) is 0 Å². The number of nitrogens with one attached hydrogen (secondary N) is 2. The molecule has 0 saturated carbocycles. The van der Waals surface area contributed by atoms with Crippen molar-refractivity contribution in [1.82, 2.24) is 14.9 Å². The highest BCUT2D eigenvalue weighted by molar-refractivity contribution is 7.89. The van der Waals surface area contributed by atoms with Gasteiger partial charge in [0, 0.05) is 19.6 Å². The maximum absolute atomic E-state index is 13.1. The molecular weight excluding hydrogens is 398 g/mol. The van der Waals surface area contributed by atoms with Gasteiger partial charge in [-0.25, -0.2) is 8.42 Å². The molecule has 6 nitrogen and oxygen atoms in total. The van der Waals surface area contributed by atoms with Crippen LogP contribution in [0.1, 0.15) is 51.0 Å². The Morgan fingerprint density at radius 3 is 2.75 bits per heavy atom. The number of carbonyl (C=O) groups is 1. The number of rotatable bonds is 6. The molecule has 0 spiro atoms. The van der Waals surface area contributed by atoms with Crippen LogP contribution >= 0.6 is 12.4 Å². The first-order valence-electron chi connectivity index (χ1n) is 9.99. The van der Waals surface area contributed by atoms with Gasteiger partial charge in [-0.3, -0.25) is 4.79 Å². The molecule has 158 valence electrons. The summed E-state index contributed by atoms with van der Waals surface area (Å²) in [5.74, 6) is 0.484. The molecule has 1 aromatic rings. The van der Waals surface area contributed by atoms with Gasteiger partial charge in [0.05, 0.1) is 10.9 Å². The van der Waals surface area contributed by atoms with E-state index in [1.165, 1.54) is 0 Å². The maximum Gasteiger partial charge on any atom is 0.243 e. The fraction of sp³-hybridized carbons (Fsp3) is 0.650. The van der Waals surface area contributed by atoms with Crippen LogP contribution in [0.5, 0.6) is 0 Å². The SMILES string of the molecule is CC(C)c1cccc(S(=O)(=O)N2CCCC(CNC(=O)C3CCCN3)C2)c1.Cl. The Hall–Kier alpha value is -1.15. The first-order valence-corrected chi connectivity index (χ1v) is 11.4. The number of halogens is 1. The van der Waals surface area contributed by atoms with Crippen molar-refractivity contribution in [2.45, 2.75) is 56.4 Å². The summed E-state index contributed by atoms with van der Waals surface area (Å²) < 4.78 is 27.8. The van der Waals surface area contributed by atoms with Crippen LogP contribution in [0.2, 0.25) is 0 Å². The smallest absolute Gasteiger partial charge is 0.243 e. The van der Waals surface area contributed by atoms with Crippen LogP contribution in [-0.4, -0.2) is 50.9 Å². The fourth-order valence-corrected chi connectivity index (χ4v) is 5.48. The van der Waals surface area contributed by atoms with Gasteiger partial charge < -0.3 is 10.6 Å². The summed E-state index contributed by atoms with van der Waals surface area (Å²) in [6.07, 6.45) is 3.67. The maximum atomic E-state index is 13.1. The van der Waals surface area contributed by atoms with Crippen LogP contribution in [0, 0.1) is 5.92 Å². The van der Waals surface area contributed by atoms with E-state index in [-0.39, 0.29) is 36.2 Å². The van der Waals surface area contributed by atoms with E-state index >= 15 is 0 Å². The monoisotopic (exact) mass is 429 g/mol. The summed E-state index contributed by atoms with van der Waals surface area (Å²) in [6, 6.07) is 7.16. The highest BCUT2D eigenvalue weighted by Crippen LogP contribution is 2.25. The Morgan fingerprint density at radius 1 is 1.29 bits per heavy atom. The molecule has 2 saturated heterocycles. The molecule has 1 amide bonds. The third-order valence-corrected chi connectivity index (χ3v) is 7.45. The zero-order valence-corrected chi connectivity index (χ0v) is 18.3. The molecule has 2 aliphatic rings. The van der Waals surface area contributed by atoms with Crippen molar-refractivity contribution < 1.29 is 13.2 Å². The van der Waals surface area contributed by atoms with Gasteiger partial charge in [0.15, 0.2) is 0 Å². The second-order valence-corrected chi connectivity index (χ2v) is 9.93. The van der Waals surface area contributed by atoms with E-state index in [1.54, 1.807) is 16.4 Å². The minimum atomic E-state index is -3.50. The molecule has 0 aromatic heterocycles. The fourth-order valence-electron chi connectivity index (χ4n) is 3.87. The second-order valence-electron chi connectivity index (χ2n) is 7.99. The van der Waals surface area contributed by atoms with Crippen LogP contribution in [0.15, 0.2) is 29.2 Å². The first kappa shape index (κ1) is 23.1. The highest BCUT2D eigenvalue weighted by Gasteiger charge is 2.31. The Kier molecular flexibility index (Phi) is 8.30. The van der Waals surface area contributed by atoms with Gasteiger partial charge in [-0.05, 0) is 61.8 Å². The summed E-state index contributed by atoms with van der Waals surface area (Å²) in [4.78, 5) is 12.6. The van der Waals surface area contributed by atoms with Crippen molar-refractivity contribution in [3.63, 3.8) is 0 Å². The van der Waals surface area contributed by atoms with Gasteiger partial charge in [-0.15, -0.1) is 12.4 Å². The molecule has 0 bridgehead atoms. The van der Waals surface area contributed by atoms with E-state index in [4.69, 9.17) is 0 Å². The lowest BCUT2D eigenvalue weighted by molar-refractivity contribution is -0.123. The largest absolute Gasteiger partial charge is 0.354 e. The molecule has 28 heavy (non-hydrogen) atoms. The molecule has 2 atom stereocenters. The van der Waals surface area contributed by atoms with Gasteiger partial charge in [-0.2, -0.15) is 4.31 Å². The molecule has 2 N–H and O–H groups in total. The van der Waals surface area contributed by atoms with Crippen LogP contribution < -0.4 is 10.6 Å². The van der Waals surface area contributed by atoms with Gasteiger partial charge in [0.2, 0.25) is 15.9 Å². The van der Waals surface area contributed by atoms with Gasteiger partial charge in [0.1, 0.15) is 0 Å². The number of sulfonamides is 1. The molecule has 2 heterocycles. The average Bonchev–Trinajstić information content (AvgIpc) is 3.21. The van der Waals surface area contributed by atoms with E-state index in [0.717, 1.165) is 37.8 Å². The molecule has 1 aromatic carbocycles. The third kappa shape index (κ3) is 5.47. The van der Waals surface area contributed by atoms with Crippen LogP contribution in [0.4, 0.5) is 0 Å². The number of carbonyl (C=O) groups excluding carboxylic acids is 1. The second kappa shape index (κ2) is 10.1. The standard InChI is InChI=1S/C20H31N3O3S.ClH/c1-15(2)17-7-3-8-18(12-17)27(25,26)23-11-5-6-16(14-23)13-22-20(24)19-9-4-10-21-19;/h3,7-8,12,15-16,19,21H,4-6,9-11,13-14H2,1-2H3,(H,22,24);1H. The number of piperidine rings is 1. The Labute approximate surface area is 174 Å². The van der Waals surface area contributed by atoms with E-state index in [2.05, 4.69) is 24.5 Å². The Balaban J connectivity index is 0.00000280. The molecule has 2 fully saturated rings. The predicted molar refractivity (Wildman–Crippen MR) is 113 cm³/mol. The highest BCUT2D eigenvalue weighted by atomic mass is 35.5. The normalized spacial score (nSPS) is 23.4. The first-order chi connectivity index (χ1) is 12.9. The minimum Gasteiger partial charge on any atom is -0.354 e. The number of benzene rings is 1. The Bertz CT molecular complexity index is 764. The van der Waals surface area contributed by atoms with Crippen molar-refractivity contribution in [3.8, 4) is 0 Å². The van der Waals surface area contributed by atoms with Crippen molar-refractivity contribution in [3.05, 3.63) is 29.8 Å². The lowest BCUT2D eigenvalue weighted by atomic mass is 9.99. The summed E-state index contributed by atoms with van der Waals surface area (Å²) in [5.41, 5.74) is 1.03. The predicted octanol–water partition coefficient (Wildman–Crippen LogP) is 2.50. The molecule has 8 heteroatoms. The van der Waals surface area contributed by atoms with E-state index in [9.17, 15) is 13.2 Å². The summed E-state index contributed by atoms with van der Waals surface area (Å²) in [5, 5.41) is 6.20. The van der Waals surface area contributed by atoms with Crippen LogP contribution in [-0.2, 0) is 14.8 Å². The zero-order valence-electron chi connectivity index (χ0n) is 16.7. The number of amides is 1. The zero-order chi connectivity index (χ0) is 19.4. The quantitative estimate of drug-likeness (QED) is 0.728. The summed E-state index contributed by atoms with van der Waals surface area (Å²) in [6.45, 7) is 6.56. The number of nitrogens with zero attached hydrogens (tertiary/aromatic N) is 1. The van der Waals surface area contributed by atoms with Gasteiger partial charge in [0.25, 0.3) is 0 Å². The van der Waals surface area contributed by atoms with Crippen molar-refractivity contribution in [2.24, 2.45) is 5.92 Å². The lowest BCUT2D eigenvalue weighted by Crippen LogP contribution is -2.46. The van der Waals surface area contributed by atoms with Crippen molar-refractivity contribution in [1.29, 1.82) is 0 Å². The average molecular weight is 430 g/mol. The topological polar surface area (TPSA) is 78.5 Å². The Morgan fingerprint density at radius 2 is 2.07 bits per heavy atom. The van der Waals surface area contributed by atoms with Gasteiger partial charge >= 0.3 is 0 Å². The third-order valence-electron chi connectivity index (χ3n) is 5.59. The number of hydrogen-bond acceptors (Lipinski definition) is 4. The van der Waals surface area contributed by atoms with Crippen molar-refractivity contribution in [2.75, 3.05) is 26.2 Å². The summed E-state index contributed by atoms with van der Waals surface area (Å²) >= 11 is 0. The molecule has 0 aliphatic carbocycles. The lowest BCUT2D eigenvalue weighted by Gasteiger charge is -2.32. The number of hydrogen-bond donors (Lipinski definition) is 2. The molecule has 2 aliphatic heterocycles. The van der Waals surface area contributed by atoms with E-state index in [1.807, 2.05) is 12.1 Å². The van der Waals surface area contributed by atoms with Crippen molar-refractivity contribution >= 4 is 28.3 Å². The molecule has 0 radical (unpaired) electrons. The van der Waals surface area contributed by atoms with E-state index < -0.39 is 10.0 Å². The molecule has 2 unspecified atom stereocenters.